The molecule has 0 amide bonds. The van der Waals surface area contributed by atoms with Gasteiger partial charge in [0.25, 0.3) is 0 Å². The van der Waals surface area contributed by atoms with Crippen LogP contribution in [0.2, 0.25) is 0 Å². The van der Waals surface area contributed by atoms with E-state index in [9.17, 15) is 0 Å². The topological polar surface area (TPSA) is 43.4 Å². The molecule has 2 heterocycles. The van der Waals surface area contributed by atoms with Gasteiger partial charge in [-0.05, 0) is 25.1 Å². The van der Waals surface area contributed by atoms with Gasteiger partial charge in [0.05, 0.1) is 25.5 Å². The Hall–Kier alpha value is -0.970. The standard InChI is InChI=1S/C13H20N2O2/c1-14-6-11-2-3-13(15-7-11)10-17-9-12-4-5-16-8-12/h2-3,7,12,14H,4-6,8-10H2,1H3. The van der Waals surface area contributed by atoms with Gasteiger partial charge in [-0.15, -0.1) is 0 Å². The maximum absolute atomic E-state index is 5.65. The van der Waals surface area contributed by atoms with Crippen LogP contribution in [0.1, 0.15) is 17.7 Å². The van der Waals surface area contributed by atoms with Crippen molar-refractivity contribution in [1.82, 2.24) is 10.3 Å². The van der Waals surface area contributed by atoms with Crippen LogP contribution in [-0.2, 0) is 22.6 Å². The lowest BCUT2D eigenvalue weighted by Gasteiger charge is -2.08. The second-order valence-corrected chi connectivity index (χ2v) is 4.43. The van der Waals surface area contributed by atoms with E-state index in [1.807, 2.05) is 19.3 Å². The monoisotopic (exact) mass is 236 g/mol. The summed E-state index contributed by atoms with van der Waals surface area (Å²) >= 11 is 0. The molecule has 17 heavy (non-hydrogen) atoms. The third kappa shape index (κ3) is 4.07. The molecule has 0 radical (unpaired) electrons. The average Bonchev–Trinajstić information content (AvgIpc) is 2.85. The number of nitrogens with zero attached hydrogens (tertiary/aromatic N) is 1. The number of nitrogens with one attached hydrogen (secondary N) is 1. The van der Waals surface area contributed by atoms with Gasteiger partial charge in [-0.25, -0.2) is 0 Å². The fourth-order valence-electron chi connectivity index (χ4n) is 1.89. The molecular weight excluding hydrogens is 216 g/mol. The van der Waals surface area contributed by atoms with Crippen molar-refractivity contribution in [2.75, 3.05) is 26.9 Å². The van der Waals surface area contributed by atoms with E-state index in [-0.39, 0.29) is 0 Å². The quantitative estimate of drug-likeness (QED) is 0.810. The summed E-state index contributed by atoms with van der Waals surface area (Å²) in [4.78, 5) is 4.37. The van der Waals surface area contributed by atoms with E-state index in [2.05, 4.69) is 16.4 Å². The van der Waals surface area contributed by atoms with Crippen LogP contribution in [0.15, 0.2) is 18.3 Å². The highest BCUT2D eigenvalue weighted by Crippen LogP contribution is 2.13. The Labute approximate surface area is 102 Å². The number of rotatable bonds is 6. The number of ether oxygens (including phenoxy) is 2. The lowest BCUT2D eigenvalue weighted by molar-refractivity contribution is 0.0773. The molecule has 1 saturated heterocycles. The third-order valence-corrected chi connectivity index (χ3v) is 2.89. The van der Waals surface area contributed by atoms with Crippen molar-refractivity contribution in [3.05, 3.63) is 29.6 Å². The molecule has 1 atom stereocenters. The summed E-state index contributed by atoms with van der Waals surface area (Å²) in [5.74, 6) is 0.568. The second kappa shape index (κ2) is 6.69. The molecule has 0 aromatic carbocycles. The van der Waals surface area contributed by atoms with E-state index in [0.717, 1.165) is 38.5 Å². The van der Waals surface area contributed by atoms with Crippen LogP contribution in [0.5, 0.6) is 0 Å². The smallest absolute Gasteiger partial charge is 0.0887 e. The van der Waals surface area contributed by atoms with Gasteiger partial charge in [0.1, 0.15) is 0 Å². The SMILES string of the molecule is CNCc1ccc(COCC2CCOC2)nc1. The zero-order valence-electron chi connectivity index (χ0n) is 10.3. The molecule has 4 nitrogen and oxygen atoms in total. The summed E-state index contributed by atoms with van der Waals surface area (Å²) in [6.45, 7) is 3.95. The predicted octanol–water partition coefficient (Wildman–Crippen LogP) is 1.35. The minimum atomic E-state index is 0.568. The van der Waals surface area contributed by atoms with Crippen LogP contribution in [0.4, 0.5) is 0 Å². The molecule has 0 aliphatic carbocycles. The highest BCUT2D eigenvalue weighted by Gasteiger charge is 2.15. The third-order valence-electron chi connectivity index (χ3n) is 2.89. The Morgan fingerprint density at radius 3 is 3.12 bits per heavy atom. The second-order valence-electron chi connectivity index (χ2n) is 4.43. The van der Waals surface area contributed by atoms with Crippen molar-refractivity contribution < 1.29 is 9.47 Å². The van der Waals surface area contributed by atoms with E-state index in [1.165, 1.54) is 5.56 Å². The number of hydrogen-bond donors (Lipinski definition) is 1. The van der Waals surface area contributed by atoms with Gasteiger partial charge in [0, 0.05) is 25.3 Å². The zero-order chi connectivity index (χ0) is 11.9. The van der Waals surface area contributed by atoms with Crippen molar-refractivity contribution in [3.63, 3.8) is 0 Å². The van der Waals surface area contributed by atoms with Gasteiger partial charge in [0.2, 0.25) is 0 Å². The molecule has 1 unspecified atom stereocenters. The van der Waals surface area contributed by atoms with E-state index < -0.39 is 0 Å². The molecule has 1 fully saturated rings. The molecule has 1 aliphatic rings. The molecule has 0 bridgehead atoms. The minimum Gasteiger partial charge on any atom is -0.381 e. The lowest BCUT2D eigenvalue weighted by Crippen LogP contribution is -2.10. The Morgan fingerprint density at radius 1 is 1.53 bits per heavy atom. The van der Waals surface area contributed by atoms with Gasteiger partial charge in [-0.1, -0.05) is 6.07 Å². The summed E-state index contributed by atoms with van der Waals surface area (Å²) in [5.41, 5.74) is 2.18. The highest BCUT2D eigenvalue weighted by molar-refractivity contribution is 5.13. The Balaban J connectivity index is 1.70. The van der Waals surface area contributed by atoms with Crippen molar-refractivity contribution in [2.24, 2.45) is 5.92 Å². The van der Waals surface area contributed by atoms with Crippen LogP contribution < -0.4 is 5.32 Å². The first-order chi connectivity index (χ1) is 8.38. The molecule has 1 aromatic heterocycles. The number of aromatic nitrogens is 1. The van der Waals surface area contributed by atoms with Gasteiger partial charge < -0.3 is 14.8 Å². The first-order valence-electron chi connectivity index (χ1n) is 6.12. The van der Waals surface area contributed by atoms with Crippen LogP contribution in [0.25, 0.3) is 0 Å². The van der Waals surface area contributed by atoms with Gasteiger partial charge in [-0.3, -0.25) is 4.98 Å². The number of pyridine rings is 1. The summed E-state index contributed by atoms with van der Waals surface area (Å²) in [6.07, 6.45) is 3.02. The summed E-state index contributed by atoms with van der Waals surface area (Å²) in [5, 5.41) is 3.10. The van der Waals surface area contributed by atoms with Crippen LogP contribution in [0.3, 0.4) is 0 Å². The van der Waals surface area contributed by atoms with Gasteiger partial charge >= 0.3 is 0 Å². The van der Waals surface area contributed by atoms with Crippen LogP contribution in [0, 0.1) is 5.92 Å². The molecular formula is C13H20N2O2. The Morgan fingerprint density at radius 2 is 2.47 bits per heavy atom. The van der Waals surface area contributed by atoms with Gasteiger partial charge in [-0.2, -0.15) is 0 Å². The number of hydrogen-bond acceptors (Lipinski definition) is 4. The molecule has 2 rings (SSSR count). The lowest BCUT2D eigenvalue weighted by atomic mass is 10.1. The van der Waals surface area contributed by atoms with Crippen LogP contribution in [-0.4, -0.2) is 31.9 Å². The summed E-state index contributed by atoms with van der Waals surface area (Å²) in [7, 11) is 1.93. The van der Waals surface area contributed by atoms with E-state index in [4.69, 9.17) is 9.47 Å². The summed E-state index contributed by atoms with van der Waals surface area (Å²) < 4.78 is 10.9. The average molecular weight is 236 g/mol. The predicted molar refractivity (Wildman–Crippen MR) is 65.6 cm³/mol. The first kappa shape index (κ1) is 12.5. The zero-order valence-corrected chi connectivity index (χ0v) is 10.3. The van der Waals surface area contributed by atoms with E-state index >= 15 is 0 Å². The van der Waals surface area contributed by atoms with Crippen molar-refractivity contribution in [2.45, 2.75) is 19.6 Å². The molecule has 0 saturated carbocycles. The normalized spacial score (nSPS) is 19.7. The Kier molecular flexibility index (Phi) is 4.91. The first-order valence-corrected chi connectivity index (χ1v) is 6.12. The van der Waals surface area contributed by atoms with Gasteiger partial charge in [0.15, 0.2) is 0 Å². The van der Waals surface area contributed by atoms with Crippen molar-refractivity contribution in [3.8, 4) is 0 Å². The van der Waals surface area contributed by atoms with E-state index in [1.54, 1.807) is 0 Å². The molecule has 0 spiro atoms. The molecule has 94 valence electrons. The van der Waals surface area contributed by atoms with Crippen molar-refractivity contribution in [1.29, 1.82) is 0 Å². The van der Waals surface area contributed by atoms with Crippen LogP contribution >= 0.6 is 0 Å². The minimum absolute atomic E-state index is 0.568. The van der Waals surface area contributed by atoms with Crippen molar-refractivity contribution >= 4 is 0 Å². The van der Waals surface area contributed by atoms with E-state index in [0.29, 0.717) is 12.5 Å². The fraction of sp³-hybridized carbons (Fsp3) is 0.615. The highest BCUT2D eigenvalue weighted by atomic mass is 16.5. The largest absolute Gasteiger partial charge is 0.381 e. The molecule has 1 N–H and O–H groups in total. The maximum Gasteiger partial charge on any atom is 0.0887 e. The maximum atomic E-state index is 5.65. The molecule has 1 aliphatic heterocycles. The summed E-state index contributed by atoms with van der Waals surface area (Å²) in [6, 6.07) is 4.11. The molecule has 1 aromatic rings. The molecule has 4 heteroatoms. The fourth-order valence-corrected chi connectivity index (χ4v) is 1.89. The Bertz CT molecular complexity index is 321.